The molecule has 0 fully saturated rings. The minimum atomic E-state index is 0.181. The van der Waals surface area contributed by atoms with Gasteiger partial charge in [-0.1, -0.05) is 48.5 Å². The Bertz CT molecular complexity index is 584. The fourth-order valence-corrected chi connectivity index (χ4v) is 2.94. The van der Waals surface area contributed by atoms with Gasteiger partial charge >= 0.3 is 0 Å². The summed E-state index contributed by atoms with van der Waals surface area (Å²) < 4.78 is 0. The van der Waals surface area contributed by atoms with E-state index in [4.69, 9.17) is 0 Å². The van der Waals surface area contributed by atoms with Gasteiger partial charge in [0.15, 0.2) is 5.78 Å². The molecule has 2 aromatic carbocycles. The highest BCUT2D eigenvalue weighted by atomic mass is 16.1. The summed E-state index contributed by atoms with van der Waals surface area (Å²) in [6, 6.07) is 16.7. The van der Waals surface area contributed by atoms with E-state index in [1.54, 1.807) is 6.92 Å². The van der Waals surface area contributed by atoms with Crippen LogP contribution < -0.4 is 0 Å². The van der Waals surface area contributed by atoms with Crippen molar-refractivity contribution in [2.75, 3.05) is 0 Å². The van der Waals surface area contributed by atoms with Crippen molar-refractivity contribution in [3.05, 3.63) is 70.8 Å². The van der Waals surface area contributed by atoms with Crippen LogP contribution in [-0.2, 0) is 12.8 Å². The summed E-state index contributed by atoms with van der Waals surface area (Å²) in [5.74, 6) is 0.710. The first-order valence-corrected chi connectivity index (χ1v) is 6.42. The summed E-state index contributed by atoms with van der Waals surface area (Å²) in [5, 5.41) is 0. The molecule has 1 heteroatoms. The highest BCUT2D eigenvalue weighted by molar-refractivity contribution is 5.96. The van der Waals surface area contributed by atoms with E-state index in [0.29, 0.717) is 5.92 Å². The van der Waals surface area contributed by atoms with Gasteiger partial charge in [-0.25, -0.2) is 0 Å². The first-order valence-electron chi connectivity index (χ1n) is 6.42. The predicted molar refractivity (Wildman–Crippen MR) is 73.0 cm³/mol. The van der Waals surface area contributed by atoms with Gasteiger partial charge in [0, 0.05) is 5.56 Å². The second-order valence-corrected chi connectivity index (χ2v) is 5.02. The number of Topliss-reactive ketones (excluding diaryl/α,β-unsaturated/α-hetero) is 1. The summed E-state index contributed by atoms with van der Waals surface area (Å²) in [7, 11) is 0. The van der Waals surface area contributed by atoms with E-state index < -0.39 is 0 Å². The summed E-state index contributed by atoms with van der Waals surface area (Å²) in [6.45, 7) is 1.66. The lowest BCUT2D eigenvalue weighted by molar-refractivity contribution is 0.101. The third-order valence-electron chi connectivity index (χ3n) is 3.84. The van der Waals surface area contributed by atoms with E-state index in [2.05, 4.69) is 30.3 Å². The molecule has 0 spiro atoms. The molecule has 90 valence electrons. The van der Waals surface area contributed by atoms with Crippen LogP contribution in [0.25, 0.3) is 0 Å². The average Bonchev–Trinajstić information content (AvgIpc) is 2.83. The molecule has 0 heterocycles. The van der Waals surface area contributed by atoms with Crippen molar-refractivity contribution >= 4 is 5.78 Å². The maximum atomic E-state index is 11.6. The van der Waals surface area contributed by atoms with Crippen LogP contribution in [0.5, 0.6) is 0 Å². The molecule has 0 bridgehead atoms. The topological polar surface area (TPSA) is 17.1 Å². The molecule has 0 unspecified atom stereocenters. The quantitative estimate of drug-likeness (QED) is 0.725. The van der Waals surface area contributed by atoms with Gasteiger partial charge < -0.3 is 0 Å². The van der Waals surface area contributed by atoms with Crippen molar-refractivity contribution in [3.63, 3.8) is 0 Å². The second kappa shape index (κ2) is 4.41. The van der Waals surface area contributed by atoms with Crippen molar-refractivity contribution in [1.82, 2.24) is 0 Å². The molecule has 0 radical (unpaired) electrons. The second-order valence-electron chi connectivity index (χ2n) is 5.02. The van der Waals surface area contributed by atoms with Crippen molar-refractivity contribution in [1.29, 1.82) is 0 Å². The first-order chi connectivity index (χ1) is 8.75. The molecule has 0 aliphatic heterocycles. The Labute approximate surface area is 107 Å². The van der Waals surface area contributed by atoms with Crippen LogP contribution in [0.15, 0.2) is 48.5 Å². The number of hydrogen-bond donors (Lipinski definition) is 0. The Kier molecular flexibility index (Phi) is 2.75. The van der Waals surface area contributed by atoms with Crippen molar-refractivity contribution in [2.24, 2.45) is 0 Å². The van der Waals surface area contributed by atoms with Gasteiger partial charge in [0.05, 0.1) is 0 Å². The highest BCUT2D eigenvalue weighted by Crippen LogP contribution is 2.35. The molecule has 0 saturated heterocycles. The zero-order chi connectivity index (χ0) is 12.5. The number of ketones is 1. The number of rotatable bonds is 2. The smallest absolute Gasteiger partial charge is 0.160 e. The van der Waals surface area contributed by atoms with Crippen LogP contribution in [0.1, 0.15) is 39.9 Å². The van der Waals surface area contributed by atoms with Crippen LogP contribution in [0, 0.1) is 0 Å². The number of carbonyl (C=O) groups excluding carboxylic acids is 1. The molecule has 1 atom stereocenters. The van der Waals surface area contributed by atoms with Gasteiger partial charge in [0.25, 0.3) is 0 Å². The lowest BCUT2D eigenvalue weighted by Gasteiger charge is -2.08. The molecule has 0 saturated carbocycles. The van der Waals surface area contributed by atoms with E-state index in [1.165, 1.54) is 16.7 Å². The van der Waals surface area contributed by atoms with Crippen LogP contribution in [0.3, 0.4) is 0 Å². The minimum absolute atomic E-state index is 0.181. The summed E-state index contributed by atoms with van der Waals surface area (Å²) in [5.41, 5.74) is 4.89. The van der Waals surface area contributed by atoms with E-state index in [1.807, 2.05) is 18.2 Å². The van der Waals surface area contributed by atoms with Crippen LogP contribution in [0.4, 0.5) is 0 Å². The van der Waals surface area contributed by atoms with E-state index >= 15 is 0 Å². The number of hydrogen-bond acceptors (Lipinski definition) is 1. The fraction of sp³-hybridized carbons (Fsp3) is 0.235. The Balaban J connectivity index is 1.97. The Morgan fingerprint density at radius 3 is 2.50 bits per heavy atom. The molecule has 18 heavy (non-hydrogen) atoms. The summed E-state index contributed by atoms with van der Waals surface area (Å²) in [4.78, 5) is 11.6. The zero-order valence-corrected chi connectivity index (χ0v) is 10.5. The lowest BCUT2D eigenvalue weighted by atomic mass is 9.95. The van der Waals surface area contributed by atoms with E-state index in [0.717, 1.165) is 18.4 Å². The standard InChI is InChI=1S/C17H16O/c1-12(18)16-9-5-8-14-10-15(11-17(14)16)13-6-3-2-4-7-13/h2-9,15H,10-11H2,1H3/t15-/m0/s1. The Morgan fingerprint density at radius 2 is 1.78 bits per heavy atom. The largest absolute Gasteiger partial charge is 0.295 e. The summed E-state index contributed by atoms with van der Waals surface area (Å²) >= 11 is 0. The normalized spacial score (nSPS) is 17.5. The molecule has 1 nitrogen and oxygen atoms in total. The van der Waals surface area contributed by atoms with Crippen LogP contribution in [0.2, 0.25) is 0 Å². The molecule has 2 aromatic rings. The van der Waals surface area contributed by atoms with Crippen LogP contribution in [-0.4, -0.2) is 5.78 Å². The third-order valence-corrected chi connectivity index (χ3v) is 3.84. The summed E-state index contributed by atoms with van der Waals surface area (Å²) in [6.07, 6.45) is 2.05. The maximum Gasteiger partial charge on any atom is 0.160 e. The predicted octanol–water partition coefficient (Wildman–Crippen LogP) is 3.77. The fourth-order valence-electron chi connectivity index (χ4n) is 2.94. The zero-order valence-electron chi connectivity index (χ0n) is 10.5. The molecular weight excluding hydrogens is 220 g/mol. The van der Waals surface area contributed by atoms with Gasteiger partial charge in [0.2, 0.25) is 0 Å². The van der Waals surface area contributed by atoms with Gasteiger partial charge in [-0.3, -0.25) is 4.79 Å². The first kappa shape index (κ1) is 11.2. The lowest BCUT2D eigenvalue weighted by Crippen LogP contribution is -2.00. The molecule has 0 N–H and O–H groups in total. The average molecular weight is 236 g/mol. The molecule has 1 aliphatic carbocycles. The van der Waals surface area contributed by atoms with Gasteiger partial charge in [0.1, 0.15) is 0 Å². The van der Waals surface area contributed by atoms with Crippen molar-refractivity contribution < 1.29 is 4.79 Å². The molecule has 0 aromatic heterocycles. The monoisotopic (exact) mass is 236 g/mol. The molecule has 0 amide bonds. The highest BCUT2D eigenvalue weighted by Gasteiger charge is 2.25. The van der Waals surface area contributed by atoms with Crippen molar-refractivity contribution in [2.45, 2.75) is 25.7 Å². The molecule has 3 rings (SSSR count). The Hall–Kier alpha value is -1.89. The Morgan fingerprint density at radius 1 is 1.00 bits per heavy atom. The van der Waals surface area contributed by atoms with Gasteiger partial charge in [-0.15, -0.1) is 0 Å². The minimum Gasteiger partial charge on any atom is -0.295 e. The maximum absolute atomic E-state index is 11.6. The third kappa shape index (κ3) is 1.86. The molecular formula is C17H16O. The molecule has 1 aliphatic rings. The van der Waals surface area contributed by atoms with Gasteiger partial charge in [-0.05, 0) is 42.4 Å². The van der Waals surface area contributed by atoms with Gasteiger partial charge in [-0.2, -0.15) is 0 Å². The van der Waals surface area contributed by atoms with E-state index in [9.17, 15) is 4.79 Å². The van der Waals surface area contributed by atoms with E-state index in [-0.39, 0.29) is 5.78 Å². The number of benzene rings is 2. The van der Waals surface area contributed by atoms with Crippen LogP contribution >= 0.6 is 0 Å². The number of fused-ring (bicyclic) bond motifs is 1. The number of carbonyl (C=O) groups is 1. The van der Waals surface area contributed by atoms with Crippen molar-refractivity contribution in [3.8, 4) is 0 Å². The SMILES string of the molecule is CC(=O)c1cccc2c1C[C@@H](c1ccccc1)C2.